The summed E-state index contributed by atoms with van der Waals surface area (Å²) in [5.74, 6) is -0.693. The Hall–Kier alpha value is -2.34. The van der Waals surface area contributed by atoms with E-state index in [-0.39, 0.29) is 12.3 Å². The summed E-state index contributed by atoms with van der Waals surface area (Å²) in [6.07, 6.45) is 0. The number of hydrogen-bond donors (Lipinski definition) is 1. The summed E-state index contributed by atoms with van der Waals surface area (Å²) >= 11 is 6.00. The minimum absolute atomic E-state index is 0.162. The number of aromatic nitrogens is 2. The largest absolute Gasteiger partial charge is 0.461 e. The lowest BCUT2D eigenvalue weighted by molar-refractivity contribution is -0.135. The standard InChI is InChI=1S/C15H16ClN3O3/c1-4-22-15(20)14(18-21)13-9(2)17-19(10(13)3)12-7-5-6-11(16)8-12/h5-8,21H,4H2,1-3H3/b18-14+. The van der Waals surface area contributed by atoms with E-state index in [1.165, 1.54) is 0 Å². The van der Waals surface area contributed by atoms with Crippen molar-refractivity contribution in [2.45, 2.75) is 20.8 Å². The SMILES string of the molecule is CCOC(=O)/C(=N/O)c1c(C)nn(-c2cccc(Cl)c2)c1C. The second-order valence-electron chi connectivity index (χ2n) is 4.61. The fourth-order valence-electron chi connectivity index (χ4n) is 2.24. The summed E-state index contributed by atoms with van der Waals surface area (Å²) in [4.78, 5) is 11.9. The quantitative estimate of drug-likeness (QED) is 0.406. The summed E-state index contributed by atoms with van der Waals surface area (Å²) in [6, 6.07) is 7.16. The van der Waals surface area contributed by atoms with Gasteiger partial charge in [-0.05, 0) is 39.0 Å². The second-order valence-corrected chi connectivity index (χ2v) is 5.04. The number of ether oxygens (including phenoxy) is 1. The van der Waals surface area contributed by atoms with Crippen molar-refractivity contribution in [2.24, 2.45) is 5.16 Å². The molecule has 1 aromatic carbocycles. The number of esters is 1. The highest BCUT2D eigenvalue weighted by molar-refractivity contribution is 6.43. The van der Waals surface area contributed by atoms with Crippen LogP contribution in [0.3, 0.4) is 0 Å². The van der Waals surface area contributed by atoms with E-state index in [1.54, 1.807) is 43.7 Å². The van der Waals surface area contributed by atoms with Gasteiger partial charge in [-0.2, -0.15) is 5.10 Å². The molecule has 1 aromatic heterocycles. The van der Waals surface area contributed by atoms with Gasteiger partial charge in [0, 0.05) is 5.02 Å². The van der Waals surface area contributed by atoms with Gasteiger partial charge in [0.25, 0.3) is 0 Å². The van der Waals surface area contributed by atoms with Crippen LogP contribution in [0.5, 0.6) is 0 Å². The highest BCUT2D eigenvalue weighted by atomic mass is 35.5. The molecule has 6 nitrogen and oxygen atoms in total. The van der Waals surface area contributed by atoms with E-state index < -0.39 is 5.97 Å². The Morgan fingerprint density at radius 1 is 1.45 bits per heavy atom. The minimum atomic E-state index is -0.693. The molecule has 1 N–H and O–H groups in total. The zero-order valence-electron chi connectivity index (χ0n) is 12.5. The van der Waals surface area contributed by atoms with E-state index in [2.05, 4.69) is 10.3 Å². The zero-order chi connectivity index (χ0) is 16.3. The first-order valence-electron chi connectivity index (χ1n) is 6.71. The minimum Gasteiger partial charge on any atom is -0.461 e. The molecular weight excluding hydrogens is 306 g/mol. The van der Waals surface area contributed by atoms with Gasteiger partial charge < -0.3 is 9.94 Å². The molecule has 0 unspecified atom stereocenters. The van der Waals surface area contributed by atoms with Crippen LogP contribution in [0.15, 0.2) is 29.4 Å². The second kappa shape index (κ2) is 6.62. The molecule has 0 radical (unpaired) electrons. The Kier molecular flexibility index (Phi) is 4.82. The van der Waals surface area contributed by atoms with Crippen LogP contribution in [-0.2, 0) is 9.53 Å². The van der Waals surface area contributed by atoms with E-state index in [1.807, 2.05) is 6.07 Å². The molecule has 0 saturated carbocycles. The van der Waals surface area contributed by atoms with Crippen molar-refractivity contribution in [3.8, 4) is 5.69 Å². The molecule has 0 amide bonds. The van der Waals surface area contributed by atoms with E-state index in [9.17, 15) is 10.0 Å². The first kappa shape index (κ1) is 16.0. The number of carbonyl (C=O) groups excluding carboxylic acids is 1. The topological polar surface area (TPSA) is 76.7 Å². The van der Waals surface area contributed by atoms with Gasteiger partial charge in [-0.1, -0.05) is 22.8 Å². The molecule has 7 heteroatoms. The lowest BCUT2D eigenvalue weighted by atomic mass is 10.1. The maximum Gasteiger partial charge on any atom is 0.361 e. The van der Waals surface area contributed by atoms with Crippen molar-refractivity contribution in [3.63, 3.8) is 0 Å². The lowest BCUT2D eigenvalue weighted by Gasteiger charge is -2.07. The predicted molar refractivity (Wildman–Crippen MR) is 83.0 cm³/mol. The summed E-state index contributed by atoms with van der Waals surface area (Å²) < 4.78 is 6.55. The Morgan fingerprint density at radius 2 is 2.18 bits per heavy atom. The number of benzene rings is 1. The molecule has 0 aliphatic heterocycles. The Balaban J connectivity index is 2.54. The average molecular weight is 322 g/mol. The molecule has 0 spiro atoms. The van der Waals surface area contributed by atoms with Crippen LogP contribution in [-0.4, -0.2) is 33.3 Å². The summed E-state index contributed by atoms with van der Waals surface area (Å²) in [5, 5.41) is 17.2. The summed E-state index contributed by atoms with van der Waals surface area (Å²) in [7, 11) is 0. The number of hydrogen-bond acceptors (Lipinski definition) is 5. The lowest BCUT2D eigenvalue weighted by Crippen LogP contribution is -2.20. The van der Waals surface area contributed by atoms with Crippen LogP contribution in [0, 0.1) is 13.8 Å². The van der Waals surface area contributed by atoms with Gasteiger partial charge in [-0.15, -0.1) is 0 Å². The molecule has 2 aromatic rings. The first-order chi connectivity index (χ1) is 10.5. The van der Waals surface area contributed by atoms with Gasteiger partial charge in [0.1, 0.15) is 0 Å². The van der Waals surface area contributed by atoms with E-state index in [0.29, 0.717) is 22.0 Å². The highest BCUT2D eigenvalue weighted by Gasteiger charge is 2.25. The normalized spacial score (nSPS) is 11.5. The van der Waals surface area contributed by atoms with Crippen LogP contribution in [0.25, 0.3) is 5.69 Å². The van der Waals surface area contributed by atoms with E-state index >= 15 is 0 Å². The zero-order valence-corrected chi connectivity index (χ0v) is 13.3. The summed E-state index contributed by atoms with van der Waals surface area (Å²) in [6.45, 7) is 5.38. The molecule has 0 saturated heterocycles. The molecule has 1 heterocycles. The first-order valence-corrected chi connectivity index (χ1v) is 7.09. The van der Waals surface area contributed by atoms with Gasteiger partial charge in [0.2, 0.25) is 0 Å². The van der Waals surface area contributed by atoms with Crippen LogP contribution < -0.4 is 0 Å². The fourth-order valence-corrected chi connectivity index (χ4v) is 2.42. The third-order valence-electron chi connectivity index (χ3n) is 3.15. The van der Waals surface area contributed by atoms with E-state index in [4.69, 9.17) is 16.3 Å². The third-order valence-corrected chi connectivity index (χ3v) is 3.38. The molecule has 0 aliphatic carbocycles. The molecular formula is C15H16ClN3O3. The smallest absolute Gasteiger partial charge is 0.361 e. The van der Waals surface area contributed by atoms with Crippen LogP contribution in [0.2, 0.25) is 5.02 Å². The van der Waals surface area contributed by atoms with Crippen LogP contribution >= 0.6 is 11.6 Å². The maximum atomic E-state index is 11.9. The number of rotatable bonds is 4. The van der Waals surface area contributed by atoms with Gasteiger partial charge in [0.05, 0.1) is 29.2 Å². The van der Waals surface area contributed by atoms with Crippen molar-refractivity contribution >= 4 is 23.3 Å². The maximum absolute atomic E-state index is 11.9. The molecule has 2 rings (SSSR count). The van der Waals surface area contributed by atoms with Gasteiger partial charge in [-0.3, -0.25) is 0 Å². The van der Waals surface area contributed by atoms with Crippen molar-refractivity contribution in [1.29, 1.82) is 0 Å². The number of oxime groups is 1. The highest BCUT2D eigenvalue weighted by Crippen LogP contribution is 2.21. The monoisotopic (exact) mass is 321 g/mol. The summed E-state index contributed by atoms with van der Waals surface area (Å²) in [5.41, 5.74) is 2.24. The molecule has 22 heavy (non-hydrogen) atoms. The molecule has 0 atom stereocenters. The van der Waals surface area contributed by atoms with Crippen molar-refractivity contribution in [2.75, 3.05) is 6.61 Å². The number of halogens is 1. The average Bonchev–Trinajstić information content (AvgIpc) is 2.77. The molecule has 0 bridgehead atoms. The molecule has 0 aliphatic rings. The fraction of sp³-hybridized carbons (Fsp3) is 0.267. The van der Waals surface area contributed by atoms with Crippen molar-refractivity contribution < 1.29 is 14.7 Å². The predicted octanol–water partition coefficient (Wildman–Crippen LogP) is 2.88. The van der Waals surface area contributed by atoms with Crippen molar-refractivity contribution in [3.05, 3.63) is 46.2 Å². The van der Waals surface area contributed by atoms with Crippen LogP contribution in [0.4, 0.5) is 0 Å². The molecule has 0 fully saturated rings. The number of nitrogens with zero attached hydrogens (tertiary/aromatic N) is 3. The van der Waals surface area contributed by atoms with Crippen molar-refractivity contribution in [1.82, 2.24) is 9.78 Å². The van der Waals surface area contributed by atoms with Gasteiger partial charge in [0.15, 0.2) is 5.71 Å². The number of aryl methyl sites for hydroxylation is 1. The Morgan fingerprint density at radius 3 is 2.77 bits per heavy atom. The third kappa shape index (κ3) is 2.96. The molecule has 116 valence electrons. The van der Waals surface area contributed by atoms with E-state index in [0.717, 1.165) is 5.69 Å². The number of carbonyl (C=O) groups is 1. The Labute approximate surface area is 133 Å². The van der Waals surface area contributed by atoms with Gasteiger partial charge >= 0.3 is 5.97 Å². The van der Waals surface area contributed by atoms with Gasteiger partial charge in [-0.25, -0.2) is 9.48 Å². The van der Waals surface area contributed by atoms with Crippen LogP contribution in [0.1, 0.15) is 23.9 Å². The Bertz CT molecular complexity index is 738.